The Kier molecular flexibility index (Phi) is 5.93. The summed E-state index contributed by atoms with van der Waals surface area (Å²) in [6.45, 7) is 4.09. The van der Waals surface area contributed by atoms with Crippen LogP contribution in [-0.2, 0) is 10.0 Å². The number of hydrogen-bond acceptors (Lipinski definition) is 4. The van der Waals surface area contributed by atoms with E-state index in [4.69, 9.17) is 5.11 Å². The van der Waals surface area contributed by atoms with Crippen LogP contribution in [0.3, 0.4) is 0 Å². The number of aliphatic hydroxyl groups excluding tert-OH is 1. The van der Waals surface area contributed by atoms with Crippen molar-refractivity contribution >= 4 is 10.0 Å². The maximum atomic E-state index is 11.7. The van der Waals surface area contributed by atoms with E-state index in [-0.39, 0.29) is 23.6 Å². The summed E-state index contributed by atoms with van der Waals surface area (Å²) in [6.07, 6.45) is 0.666. The minimum atomic E-state index is -3.41. The van der Waals surface area contributed by atoms with Gasteiger partial charge < -0.3 is 10.4 Å². The molecule has 0 aliphatic rings. The van der Waals surface area contributed by atoms with Gasteiger partial charge in [-0.2, -0.15) is 0 Å². The number of hydrogen-bond donors (Lipinski definition) is 3. The summed E-state index contributed by atoms with van der Waals surface area (Å²) in [4.78, 5) is 0.260. The fourth-order valence-corrected chi connectivity index (χ4v) is 2.65. The minimum Gasteiger partial charge on any atom is -0.396 e. The number of benzene rings is 1. The Hall–Kier alpha value is -0.950. The third kappa shape index (κ3) is 4.58. The lowest BCUT2D eigenvalue weighted by Gasteiger charge is -2.20. The van der Waals surface area contributed by atoms with Gasteiger partial charge in [-0.25, -0.2) is 13.1 Å². The molecule has 1 aromatic rings. The number of rotatable bonds is 7. The van der Waals surface area contributed by atoms with Gasteiger partial charge in [0.05, 0.1) is 4.90 Å². The molecule has 6 heteroatoms. The smallest absolute Gasteiger partial charge is 0.240 e. The Labute approximate surface area is 115 Å². The Balaban J connectivity index is 2.87. The highest BCUT2D eigenvalue weighted by Crippen LogP contribution is 2.18. The van der Waals surface area contributed by atoms with Crippen LogP contribution in [-0.4, -0.2) is 33.2 Å². The van der Waals surface area contributed by atoms with E-state index in [1.165, 1.54) is 7.05 Å². The van der Waals surface area contributed by atoms with Gasteiger partial charge in [-0.1, -0.05) is 12.1 Å². The van der Waals surface area contributed by atoms with Crippen molar-refractivity contribution < 1.29 is 13.5 Å². The lowest BCUT2D eigenvalue weighted by atomic mass is 10.1. The zero-order valence-electron chi connectivity index (χ0n) is 11.6. The van der Waals surface area contributed by atoms with Crippen molar-refractivity contribution in [1.82, 2.24) is 10.0 Å². The first-order valence-electron chi connectivity index (χ1n) is 6.31. The van der Waals surface area contributed by atoms with Crippen molar-refractivity contribution in [3.8, 4) is 0 Å². The van der Waals surface area contributed by atoms with Gasteiger partial charge >= 0.3 is 0 Å². The van der Waals surface area contributed by atoms with Crippen LogP contribution >= 0.6 is 0 Å². The largest absolute Gasteiger partial charge is 0.396 e. The van der Waals surface area contributed by atoms with Crippen LogP contribution in [0.2, 0.25) is 0 Å². The van der Waals surface area contributed by atoms with Crippen molar-refractivity contribution in [2.24, 2.45) is 0 Å². The van der Waals surface area contributed by atoms with Crippen molar-refractivity contribution in [3.05, 3.63) is 29.8 Å². The lowest BCUT2D eigenvalue weighted by molar-refractivity contribution is 0.264. The van der Waals surface area contributed by atoms with E-state index in [1.54, 1.807) is 18.2 Å². The highest BCUT2D eigenvalue weighted by atomic mass is 32.2. The molecule has 2 unspecified atom stereocenters. The summed E-state index contributed by atoms with van der Waals surface area (Å²) in [5, 5.41) is 12.2. The summed E-state index contributed by atoms with van der Waals surface area (Å²) >= 11 is 0. The summed E-state index contributed by atoms with van der Waals surface area (Å²) in [7, 11) is -2.01. The molecule has 0 aromatic heterocycles. The minimum absolute atomic E-state index is 0.0218. The fraction of sp³-hybridized carbons (Fsp3) is 0.538. The standard InChI is InChI=1S/C13H22N2O3S/c1-10(7-8-16)15-11(2)12-5-4-6-13(9-12)19(17,18)14-3/h4-6,9-11,14-16H,7-8H2,1-3H3. The molecule has 108 valence electrons. The Morgan fingerprint density at radius 2 is 2.00 bits per heavy atom. The van der Waals surface area contributed by atoms with Gasteiger partial charge in [0.2, 0.25) is 10.0 Å². The normalized spacial score (nSPS) is 15.2. The molecule has 0 heterocycles. The Morgan fingerprint density at radius 1 is 1.32 bits per heavy atom. The van der Waals surface area contributed by atoms with Crippen LogP contribution in [0.15, 0.2) is 29.2 Å². The Morgan fingerprint density at radius 3 is 2.58 bits per heavy atom. The van der Waals surface area contributed by atoms with Crippen LogP contribution in [0.4, 0.5) is 0 Å². The topological polar surface area (TPSA) is 78.4 Å². The summed E-state index contributed by atoms with van der Waals surface area (Å²) < 4.78 is 25.8. The molecule has 2 atom stereocenters. The molecule has 19 heavy (non-hydrogen) atoms. The molecule has 0 aliphatic carbocycles. The van der Waals surface area contributed by atoms with E-state index in [9.17, 15) is 8.42 Å². The Bertz CT molecular complexity index is 502. The van der Waals surface area contributed by atoms with Gasteiger partial charge in [-0.15, -0.1) is 0 Å². The summed E-state index contributed by atoms with van der Waals surface area (Å²) in [6, 6.07) is 7.04. The van der Waals surface area contributed by atoms with Gasteiger partial charge in [0.15, 0.2) is 0 Å². The molecule has 0 saturated heterocycles. The highest BCUT2D eigenvalue weighted by molar-refractivity contribution is 7.89. The molecule has 0 saturated carbocycles. The molecule has 0 fully saturated rings. The SMILES string of the molecule is CNS(=O)(=O)c1cccc(C(C)NC(C)CCO)c1. The molecule has 0 radical (unpaired) electrons. The second-order valence-corrected chi connectivity index (χ2v) is 6.47. The average molecular weight is 286 g/mol. The average Bonchev–Trinajstić information content (AvgIpc) is 2.39. The third-order valence-electron chi connectivity index (χ3n) is 3.03. The van der Waals surface area contributed by atoms with Crippen LogP contribution in [0.1, 0.15) is 31.9 Å². The van der Waals surface area contributed by atoms with Crippen molar-refractivity contribution in [1.29, 1.82) is 0 Å². The van der Waals surface area contributed by atoms with E-state index < -0.39 is 10.0 Å². The predicted octanol–water partition coefficient (Wildman–Crippen LogP) is 1.02. The molecule has 0 spiro atoms. The van der Waals surface area contributed by atoms with Gasteiger partial charge in [-0.05, 0) is 45.0 Å². The molecule has 0 bridgehead atoms. The number of aliphatic hydroxyl groups is 1. The summed E-state index contributed by atoms with van der Waals surface area (Å²) in [5.41, 5.74) is 0.904. The molecule has 3 N–H and O–H groups in total. The van der Waals surface area contributed by atoms with Gasteiger partial charge in [0.25, 0.3) is 0 Å². The molecule has 1 rings (SSSR count). The molecule has 5 nitrogen and oxygen atoms in total. The van der Waals surface area contributed by atoms with E-state index in [2.05, 4.69) is 10.0 Å². The van der Waals surface area contributed by atoms with E-state index in [1.807, 2.05) is 19.9 Å². The van der Waals surface area contributed by atoms with Gasteiger partial charge in [0, 0.05) is 18.7 Å². The van der Waals surface area contributed by atoms with Crippen LogP contribution in [0.25, 0.3) is 0 Å². The van der Waals surface area contributed by atoms with Crippen molar-refractivity contribution in [2.45, 2.75) is 37.2 Å². The van der Waals surface area contributed by atoms with Crippen molar-refractivity contribution in [3.63, 3.8) is 0 Å². The van der Waals surface area contributed by atoms with Crippen LogP contribution in [0, 0.1) is 0 Å². The molecule has 1 aromatic carbocycles. The van der Waals surface area contributed by atoms with E-state index in [0.717, 1.165) is 5.56 Å². The zero-order chi connectivity index (χ0) is 14.5. The van der Waals surface area contributed by atoms with E-state index in [0.29, 0.717) is 6.42 Å². The van der Waals surface area contributed by atoms with Gasteiger partial charge in [-0.3, -0.25) is 0 Å². The summed E-state index contributed by atoms with van der Waals surface area (Å²) in [5.74, 6) is 0. The van der Waals surface area contributed by atoms with Crippen LogP contribution < -0.4 is 10.0 Å². The van der Waals surface area contributed by atoms with Gasteiger partial charge in [0.1, 0.15) is 0 Å². The van der Waals surface area contributed by atoms with Crippen molar-refractivity contribution in [2.75, 3.05) is 13.7 Å². The first kappa shape index (κ1) is 16.1. The second-order valence-electron chi connectivity index (χ2n) is 4.58. The first-order chi connectivity index (χ1) is 8.90. The quantitative estimate of drug-likeness (QED) is 0.699. The maximum Gasteiger partial charge on any atom is 0.240 e. The fourth-order valence-electron chi connectivity index (χ4n) is 1.87. The lowest BCUT2D eigenvalue weighted by Crippen LogP contribution is -2.29. The van der Waals surface area contributed by atoms with Crippen LogP contribution in [0.5, 0.6) is 0 Å². The molecule has 0 aliphatic heterocycles. The molecule has 0 amide bonds. The number of nitrogens with one attached hydrogen (secondary N) is 2. The molecular weight excluding hydrogens is 264 g/mol. The zero-order valence-corrected chi connectivity index (χ0v) is 12.4. The first-order valence-corrected chi connectivity index (χ1v) is 7.79. The molecular formula is C13H22N2O3S. The third-order valence-corrected chi connectivity index (χ3v) is 4.45. The highest BCUT2D eigenvalue weighted by Gasteiger charge is 2.14. The second kappa shape index (κ2) is 7.00. The van der Waals surface area contributed by atoms with E-state index >= 15 is 0 Å². The predicted molar refractivity (Wildman–Crippen MR) is 75.4 cm³/mol. The maximum absolute atomic E-state index is 11.7. The monoisotopic (exact) mass is 286 g/mol. The number of sulfonamides is 1.